The number of rotatable bonds is 12. The first-order chi connectivity index (χ1) is 24.6. The van der Waals surface area contributed by atoms with E-state index in [9.17, 15) is 9.59 Å². The zero-order valence-electron chi connectivity index (χ0n) is 30.3. The Kier molecular flexibility index (Phi) is 12.9. The molecule has 1 amide bonds. The van der Waals surface area contributed by atoms with E-state index >= 15 is 0 Å². The number of esters is 1. The second-order valence-corrected chi connectivity index (χ2v) is 14.4. The average Bonchev–Trinajstić information content (AvgIpc) is 3.75. The number of fused-ring (bicyclic) bond motifs is 4. The van der Waals surface area contributed by atoms with Crippen molar-refractivity contribution < 1.29 is 19.1 Å². The molecule has 0 bridgehead atoms. The molecule has 0 spiro atoms. The van der Waals surface area contributed by atoms with Gasteiger partial charge < -0.3 is 34.1 Å². The largest absolute Gasteiger partial charge is 0.478 e. The number of nitrogens with one attached hydrogen (secondary N) is 2. The molecule has 4 aromatic rings. The number of H-pyrrole nitrogens is 1. The molecule has 0 saturated carbocycles. The molecule has 3 aliphatic rings. The van der Waals surface area contributed by atoms with Gasteiger partial charge in [-0.05, 0) is 108 Å². The Hall–Kier alpha value is -3.82. The molecule has 7 rings (SSSR count). The smallest absolute Gasteiger partial charge is 0.340 e. The summed E-state index contributed by atoms with van der Waals surface area (Å²) in [6.45, 7) is 14.4. The van der Waals surface area contributed by atoms with Crippen LogP contribution in [-0.2, 0) is 11.3 Å². The van der Waals surface area contributed by atoms with Crippen molar-refractivity contribution in [3.63, 3.8) is 0 Å². The van der Waals surface area contributed by atoms with Crippen LogP contribution in [0.3, 0.4) is 0 Å². The Morgan fingerprint density at radius 1 is 0.840 bits per heavy atom. The fraction of sp³-hybridized carbons (Fsp3) is 0.561. The summed E-state index contributed by atoms with van der Waals surface area (Å²) >= 11 is 0. The van der Waals surface area contributed by atoms with Gasteiger partial charge in [-0.3, -0.25) is 4.79 Å². The zero-order chi connectivity index (χ0) is 34.7. The van der Waals surface area contributed by atoms with Gasteiger partial charge in [0.1, 0.15) is 5.56 Å². The fourth-order valence-corrected chi connectivity index (χ4v) is 7.65. The van der Waals surface area contributed by atoms with Gasteiger partial charge >= 0.3 is 5.97 Å². The van der Waals surface area contributed by atoms with Gasteiger partial charge in [-0.2, -0.15) is 0 Å². The molecule has 0 atom stereocenters. The van der Waals surface area contributed by atoms with Crippen LogP contribution < -0.4 is 10.1 Å². The van der Waals surface area contributed by atoms with Crippen LogP contribution in [0.5, 0.6) is 5.88 Å². The van der Waals surface area contributed by atoms with Crippen molar-refractivity contribution in [1.82, 2.24) is 24.7 Å². The number of carbonyl (C=O) groups excluding carboxylic acids is 2. The van der Waals surface area contributed by atoms with Gasteiger partial charge in [-0.15, -0.1) is 0 Å². The molecule has 9 nitrogen and oxygen atoms in total. The maximum absolute atomic E-state index is 13.0. The molecule has 2 saturated heterocycles. The SMILES string of the molecule is CCCCN1CCC(CNC(=O)c2c3n(c4ccccc24)CCCO3)CC1.CCCCN1CCC(COC(=O)c2c[nH]c3ccccc23)CC1. The third-order valence-electron chi connectivity index (χ3n) is 10.8. The van der Waals surface area contributed by atoms with E-state index in [1.165, 1.54) is 51.6 Å². The third kappa shape index (κ3) is 8.90. The monoisotopic (exact) mass is 683 g/mol. The molecule has 2 fully saturated rings. The maximum Gasteiger partial charge on any atom is 0.340 e. The first kappa shape index (κ1) is 36.0. The Balaban J connectivity index is 0.000000175. The van der Waals surface area contributed by atoms with Gasteiger partial charge in [0.05, 0.1) is 24.3 Å². The molecule has 0 aliphatic carbocycles. The van der Waals surface area contributed by atoms with E-state index in [0.717, 1.165) is 86.2 Å². The number of hydrogen-bond acceptors (Lipinski definition) is 6. The average molecular weight is 684 g/mol. The van der Waals surface area contributed by atoms with Crippen LogP contribution in [0, 0.1) is 11.8 Å². The highest BCUT2D eigenvalue weighted by Crippen LogP contribution is 2.34. The summed E-state index contributed by atoms with van der Waals surface area (Å²) in [5, 5.41) is 5.14. The topological polar surface area (TPSA) is 91.8 Å². The number of ether oxygens (including phenoxy) is 2. The van der Waals surface area contributed by atoms with Crippen molar-refractivity contribution in [2.24, 2.45) is 11.8 Å². The van der Waals surface area contributed by atoms with Crippen LogP contribution in [0.1, 0.15) is 92.4 Å². The number of unbranched alkanes of at least 4 members (excludes halogenated alkanes) is 2. The zero-order valence-corrected chi connectivity index (χ0v) is 30.3. The van der Waals surface area contributed by atoms with E-state index in [1.807, 2.05) is 42.5 Å². The lowest BCUT2D eigenvalue weighted by atomic mass is 9.96. The number of benzene rings is 2. The van der Waals surface area contributed by atoms with Crippen LogP contribution in [0.4, 0.5) is 0 Å². The molecular formula is C41H57N5O4. The lowest BCUT2D eigenvalue weighted by Gasteiger charge is -2.31. The van der Waals surface area contributed by atoms with Crippen LogP contribution in [0.15, 0.2) is 54.7 Å². The Morgan fingerprint density at radius 2 is 1.48 bits per heavy atom. The summed E-state index contributed by atoms with van der Waals surface area (Å²) in [7, 11) is 0. The molecule has 50 heavy (non-hydrogen) atoms. The summed E-state index contributed by atoms with van der Waals surface area (Å²) in [5.74, 6) is 1.62. The van der Waals surface area contributed by atoms with Crippen LogP contribution >= 0.6 is 0 Å². The molecule has 2 aromatic heterocycles. The molecule has 2 aromatic carbocycles. The van der Waals surface area contributed by atoms with E-state index in [1.54, 1.807) is 6.20 Å². The number of aromatic amines is 1. The highest BCUT2D eigenvalue weighted by molar-refractivity contribution is 6.09. The van der Waals surface area contributed by atoms with Crippen molar-refractivity contribution in [2.45, 2.75) is 78.2 Å². The number of piperidine rings is 2. The normalized spacial score (nSPS) is 17.6. The lowest BCUT2D eigenvalue weighted by Crippen LogP contribution is -2.39. The Morgan fingerprint density at radius 3 is 2.18 bits per heavy atom. The van der Waals surface area contributed by atoms with Gasteiger partial charge in [0, 0.05) is 35.6 Å². The highest BCUT2D eigenvalue weighted by Gasteiger charge is 2.27. The molecule has 3 aliphatic heterocycles. The molecule has 2 N–H and O–H groups in total. The number of likely N-dealkylation sites (tertiary alicyclic amines) is 2. The highest BCUT2D eigenvalue weighted by atomic mass is 16.5. The summed E-state index contributed by atoms with van der Waals surface area (Å²) in [6, 6.07) is 16.0. The molecule has 270 valence electrons. The Labute approximate surface area is 297 Å². The summed E-state index contributed by atoms with van der Waals surface area (Å²) in [5.41, 5.74) is 3.43. The van der Waals surface area contributed by atoms with Gasteiger partial charge in [-0.1, -0.05) is 63.1 Å². The fourth-order valence-electron chi connectivity index (χ4n) is 7.65. The minimum Gasteiger partial charge on any atom is -0.478 e. The molecule has 5 heterocycles. The summed E-state index contributed by atoms with van der Waals surface area (Å²) in [4.78, 5) is 33.6. The van der Waals surface area contributed by atoms with Crippen LogP contribution in [0.25, 0.3) is 21.8 Å². The molecule has 9 heteroatoms. The lowest BCUT2D eigenvalue weighted by molar-refractivity contribution is 0.0374. The number of aromatic nitrogens is 2. The second kappa shape index (κ2) is 17.9. The predicted molar refractivity (Wildman–Crippen MR) is 201 cm³/mol. The van der Waals surface area contributed by atoms with Gasteiger partial charge in [0.15, 0.2) is 0 Å². The van der Waals surface area contributed by atoms with Crippen molar-refractivity contribution in [1.29, 1.82) is 0 Å². The first-order valence-electron chi connectivity index (χ1n) is 19.3. The summed E-state index contributed by atoms with van der Waals surface area (Å²) in [6.07, 6.45) is 12.4. The number of amides is 1. The van der Waals surface area contributed by atoms with E-state index in [0.29, 0.717) is 36.2 Å². The summed E-state index contributed by atoms with van der Waals surface area (Å²) < 4.78 is 13.6. The first-order valence-corrected chi connectivity index (χ1v) is 19.3. The number of hydrogen-bond donors (Lipinski definition) is 2. The van der Waals surface area contributed by atoms with Gasteiger partial charge in [0.2, 0.25) is 5.88 Å². The number of aryl methyl sites for hydroxylation is 1. The number of carbonyl (C=O) groups is 2. The van der Waals surface area contributed by atoms with E-state index in [-0.39, 0.29) is 11.9 Å². The molecular weight excluding hydrogens is 626 g/mol. The molecule has 0 unspecified atom stereocenters. The van der Waals surface area contributed by atoms with E-state index < -0.39 is 0 Å². The van der Waals surface area contributed by atoms with Crippen molar-refractivity contribution in [3.05, 3.63) is 65.9 Å². The third-order valence-corrected chi connectivity index (χ3v) is 10.8. The minimum absolute atomic E-state index is 0.00950. The number of nitrogens with zero attached hydrogens (tertiary/aromatic N) is 3. The van der Waals surface area contributed by atoms with Crippen molar-refractivity contribution in [3.8, 4) is 5.88 Å². The van der Waals surface area contributed by atoms with Crippen LogP contribution in [-0.4, -0.2) is 90.3 Å². The van der Waals surface area contributed by atoms with Gasteiger partial charge in [-0.25, -0.2) is 4.79 Å². The number of para-hydroxylation sites is 2. The second-order valence-electron chi connectivity index (χ2n) is 14.4. The van der Waals surface area contributed by atoms with Crippen molar-refractivity contribution >= 4 is 33.7 Å². The van der Waals surface area contributed by atoms with E-state index in [2.05, 4.69) is 44.6 Å². The predicted octanol–water partition coefficient (Wildman–Crippen LogP) is 7.50. The van der Waals surface area contributed by atoms with Gasteiger partial charge in [0.25, 0.3) is 5.91 Å². The molecule has 0 radical (unpaired) electrons. The van der Waals surface area contributed by atoms with Crippen molar-refractivity contribution in [2.75, 3.05) is 59.0 Å². The quantitative estimate of drug-likeness (QED) is 0.150. The Bertz CT molecular complexity index is 1680. The van der Waals surface area contributed by atoms with E-state index in [4.69, 9.17) is 9.47 Å². The minimum atomic E-state index is -0.212. The standard InChI is InChI=1S/C22H31N3O2.C19H26N2O2/c1-2-3-11-24-13-9-17(10-14-24)16-23-21(26)20-18-7-4-5-8-19(18)25-12-6-15-27-22(20)25;1-2-3-10-21-11-8-15(9-12-21)14-23-19(22)17-13-20-18-7-5-4-6-16(17)18/h4-5,7-8,17H,2-3,6,9-16H2,1H3,(H,23,26);4-7,13,15,20H,2-3,8-12,14H2,1H3. The maximum atomic E-state index is 13.0. The van der Waals surface area contributed by atoms with Crippen LogP contribution in [0.2, 0.25) is 0 Å².